The van der Waals surface area contributed by atoms with Crippen LogP contribution in [0.5, 0.6) is 0 Å². The minimum Gasteiger partial charge on any atom is -0.100 e. The first-order chi connectivity index (χ1) is 4.66. The van der Waals surface area contributed by atoms with Gasteiger partial charge in [-0.15, -0.1) is 5.92 Å². The van der Waals surface area contributed by atoms with E-state index in [0.717, 1.165) is 0 Å². The van der Waals surface area contributed by atoms with Gasteiger partial charge in [0.1, 0.15) is 0 Å². The first-order valence-corrected chi connectivity index (χ1v) is 4.17. The van der Waals surface area contributed by atoms with Crippen LogP contribution in [0.3, 0.4) is 0 Å². The lowest BCUT2D eigenvalue weighted by Crippen LogP contribution is -1.89. The van der Waals surface area contributed by atoms with E-state index in [2.05, 4.69) is 39.5 Å². The van der Waals surface area contributed by atoms with E-state index in [9.17, 15) is 0 Å². The Morgan fingerprint density at radius 3 is 2.10 bits per heavy atom. The Morgan fingerprint density at radius 1 is 1.10 bits per heavy atom. The van der Waals surface area contributed by atoms with Gasteiger partial charge in [0.25, 0.3) is 0 Å². The summed E-state index contributed by atoms with van der Waals surface area (Å²) in [6, 6.07) is 0. The summed E-state index contributed by atoms with van der Waals surface area (Å²) in [4.78, 5) is 0. The molecule has 1 unspecified atom stereocenters. The van der Waals surface area contributed by atoms with Crippen LogP contribution in [0.2, 0.25) is 0 Å². The molecule has 0 heteroatoms. The minimum absolute atomic E-state index is 0.527. The Morgan fingerprint density at radius 2 is 1.70 bits per heavy atom. The van der Waals surface area contributed by atoms with Crippen LogP contribution in [0.15, 0.2) is 0 Å². The fourth-order valence-electron chi connectivity index (χ4n) is 0.814. The quantitative estimate of drug-likeness (QED) is 0.514. The van der Waals surface area contributed by atoms with Crippen molar-refractivity contribution in [2.75, 3.05) is 0 Å². The molecule has 1 atom stereocenters. The van der Waals surface area contributed by atoms with Gasteiger partial charge in [-0.05, 0) is 6.42 Å². The molecule has 0 aromatic carbocycles. The third-order valence-corrected chi connectivity index (χ3v) is 1.34. The van der Waals surface area contributed by atoms with Crippen LogP contribution in [-0.2, 0) is 0 Å². The summed E-state index contributed by atoms with van der Waals surface area (Å²) < 4.78 is 0. The minimum atomic E-state index is 0.527. The molecule has 58 valence electrons. The van der Waals surface area contributed by atoms with Crippen molar-refractivity contribution in [2.45, 2.75) is 40.5 Å². The Kier molecular flexibility index (Phi) is 5.12. The summed E-state index contributed by atoms with van der Waals surface area (Å²) in [5.41, 5.74) is 0. The van der Waals surface area contributed by atoms with Gasteiger partial charge in [0.15, 0.2) is 0 Å². The molecule has 0 aromatic rings. The Bertz CT molecular complexity index is 123. The maximum absolute atomic E-state index is 3.23. The third-order valence-electron chi connectivity index (χ3n) is 1.34. The molecule has 0 aliphatic rings. The second-order valence-electron chi connectivity index (χ2n) is 3.13. The van der Waals surface area contributed by atoms with E-state index in [1.165, 1.54) is 12.8 Å². The van der Waals surface area contributed by atoms with Gasteiger partial charge in [-0.2, -0.15) is 0 Å². The van der Waals surface area contributed by atoms with Gasteiger partial charge < -0.3 is 0 Å². The van der Waals surface area contributed by atoms with Crippen LogP contribution in [0.1, 0.15) is 40.5 Å². The standard InChI is InChI=1S/C10H18/c1-5-6-10(4)8-7-9(2)3/h9-10H,5-6H2,1-4H3. The first kappa shape index (κ1) is 9.56. The number of rotatable bonds is 2. The molecule has 0 saturated heterocycles. The molecular formula is C10H18. The molecule has 0 bridgehead atoms. The highest BCUT2D eigenvalue weighted by Crippen LogP contribution is 2.02. The van der Waals surface area contributed by atoms with Crippen molar-refractivity contribution in [2.24, 2.45) is 11.8 Å². The van der Waals surface area contributed by atoms with E-state index in [1.54, 1.807) is 0 Å². The van der Waals surface area contributed by atoms with Crippen LogP contribution < -0.4 is 0 Å². The Hall–Kier alpha value is -0.440. The molecule has 0 N–H and O–H groups in total. The van der Waals surface area contributed by atoms with Crippen LogP contribution in [-0.4, -0.2) is 0 Å². The highest BCUT2D eigenvalue weighted by atomic mass is 14.0. The van der Waals surface area contributed by atoms with Gasteiger partial charge in [-0.3, -0.25) is 0 Å². The zero-order valence-electron chi connectivity index (χ0n) is 7.57. The lowest BCUT2D eigenvalue weighted by atomic mass is 10.1. The van der Waals surface area contributed by atoms with E-state index < -0.39 is 0 Å². The third kappa shape index (κ3) is 5.69. The fourth-order valence-corrected chi connectivity index (χ4v) is 0.814. The summed E-state index contributed by atoms with van der Waals surface area (Å²) >= 11 is 0. The molecule has 0 amide bonds. The molecular weight excluding hydrogens is 120 g/mol. The molecule has 0 spiro atoms. The van der Waals surface area contributed by atoms with Gasteiger partial charge in [0, 0.05) is 11.8 Å². The Balaban J connectivity index is 3.57. The van der Waals surface area contributed by atoms with Crippen molar-refractivity contribution in [1.82, 2.24) is 0 Å². The summed E-state index contributed by atoms with van der Waals surface area (Å²) in [6.45, 7) is 8.66. The second-order valence-corrected chi connectivity index (χ2v) is 3.13. The smallest absolute Gasteiger partial charge is 0.0174 e. The van der Waals surface area contributed by atoms with Gasteiger partial charge in [0.2, 0.25) is 0 Å². The predicted octanol–water partition coefficient (Wildman–Crippen LogP) is 3.08. The highest BCUT2D eigenvalue weighted by molar-refractivity contribution is 5.04. The molecule has 0 aliphatic carbocycles. The SMILES string of the molecule is CCCC(C)C#CC(C)C. The monoisotopic (exact) mass is 138 g/mol. The molecule has 0 radical (unpaired) electrons. The van der Waals surface area contributed by atoms with E-state index in [4.69, 9.17) is 0 Å². The predicted molar refractivity (Wildman–Crippen MR) is 46.7 cm³/mol. The van der Waals surface area contributed by atoms with Crippen molar-refractivity contribution in [3.8, 4) is 11.8 Å². The zero-order chi connectivity index (χ0) is 7.98. The molecule has 0 saturated carbocycles. The lowest BCUT2D eigenvalue weighted by molar-refractivity contribution is 0.651. The topological polar surface area (TPSA) is 0 Å². The average molecular weight is 138 g/mol. The molecule has 0 aliphatic heterocycles. The highest BCUT2D eigenvalue weighted by Gasteiger charge is 1.92. The normalized spacial score (nSPS) is 12.5. The zero-order valence-corrected chi connectivity index (χ0v) is 7.57. The van der Waals surface area contributed by atoms with Gasteiger partial charge >= 0.3 is 0 Å². The van der Waals surface area contributed by atoms with E-state index in [0.29, 0.717) is 11.8 Å². The molecule has 0 aromatic heterocycles. The van der Waals surface area contributed by atoms with E-state index in [1.807, 2.05) is 0 Å². The van der Waals surface area contributed by atoms with Crippen LogP contribution in [0.4, 0.5) is 0 Å². The summed E-state index contributed by atoms with van der Waals surface area (Å²) in [5.74, 6) is 7.53. The van der Waals surface area contributed by atoms with Crippen LogP contribution >= 0.6 is 0 Å². The largest absolute Gasteiger partial charge is 0.100 e. The van der Waals surface area contributed by atoms with Crippen molar-refractivity contribution in [3.63, 3.8) is 0 Å². The second kappa shape index (κ2) is 5.35. The lowest BCUT2D eigenvalue weighted by Gasteiger charge is -1.98. The van der Waals surface area contributed by atoms with Gasteiger partial charge in [0.05, 0.1) is 0 Å². The molecule has 10 heavy (non-hydrogen) atoms. The average Bonchev–Trinajstić information content (AvgIpc) is 1.85. The van der Waals surface area contributed by atoms with Crippen molar-refractivity contribution >= 4 is 0 Å². The van der Waals surface area contributed by atoms with E-state index >= 15 is 0 Å². The Labute approximate surface area is 65.0 Å². The maximum atomic E-state index is 3.23. The fraction of sp³-hybridized carbons (Fsp3) is 0.800. The van der Waals surface area contributed by atoms with Gasteiger partial charge in [-0.1, -0.05) is 40.0 Å². The summed E-state index contributed by atoms with van der Waals surface area (Å²) in [7, 11) is 0. The first-order valence-electron chi connectivity index (χ1n) is 4.17. The summed E-state index contributed by atoms with van der Waals surface area (Å²) in [5, 5.41) is 0. The van der Waals surface area contributed by atoms with Crippen molar-refractivity contribution < 1.29 is 0 Å². The molecule has 0 rings (SSSR count). The van der Waals surface area contributed by atoms with Crippen molar-refractivity contribution in [3.05, 3.63) is 0 Å². The number of hydrogen-bond donors (Lipinski definition) is 0. The maximum Gasteiger partial charge on any atom is 0.0174 e. The van der Waals surface area contributed by atoms with Crippen LogP contribution in [0, 0.1) is 23.7 Å². The van der Waals surface area contributed by atoms with Gasteiger partial charge in [-0.25, -0.2) is 0 Å². The van der Waals surface area contributed by atoms with Crippen LogP contribution in [0.25, 0.3) is 0 Å². The van der Waals surface area contributed by atoms with E-state index in [-0.39, 0.29) is 0 Å². The number of hydrogen-bond acceptors (Lipinski definition) is 0. The van der Waals surface area contributed by atoms with Crippen molar-refractivity contribution in [1.29, 1.82) is 0 Å². The molecule has 0 fully saturated rings. The summed E-state index contributed by atoms with van der Waals surface area (Å²) in [6.07, 6.45) is 2.48. The molecule has 0 heterocycles. The molecule has 0 nitrogen and oxygen atoms in total.